The molecule has 0 saturated carbocycles. The molecule has 5 heterocycles. The zero-order valence-electron chi connectivity index (χ0n) is 29.0. The first-order valence-corrected chi connectivity index (χ1v) is 20.2. The van der Waals surface area contributed by atoms with Gasteiger partial charge in [-0.15, -0.1) is 0 Å². The number of anilines is 5. The molecule has 51 heavy (non-hydrogen) atoms. The molecule has 16 heteroatoms. The highest BCUT2D eigenvalue weighted by Crippen LogP contribution is 2.43. The van der Waals surface area contributed by atoms with Crippen LogP contribution in [0.3, 0.4) is 0 Å². The van der Waals surface area contributed by atoms with E-state index in [1.54, 1.807) is 43.7 Å². The highest BCUT2D eigenvalue weighted by molar-refractivity contribution is 9.10. The van der Waals surface area contributed by atoms with Crippen molar-refractivity contribution in [1.29, 1.82) is 0 Å². The number of halogens is 1. The second kappa shape index (κ2) is 14.5. The minimum Gasteiger partial charge on any atom is -0.494 e. The van der Waals surface area contributed by atoms with Gasteiger partial charge in [0, 0.05) is 80.9 Å². The third kappa shape index (κ3) is 7.50. The molecule has 2 aliphatic rings. The molecular weight excluding hydrogens is 735 g/mol. The Morgan fingerprint density at radius 1 is 1.04 bits per heavy atom. The molecule has 3 aromatic heterocycles. The Morgan fingerprint density at radius 3 is 2.57 bits per heavy atom. The summed E-state index contributed by atoms with van der Waals surface area (Å²) in [6.07, 6.45) is 11.3. The summed E-state index contributed by atoms with van der Waals surface area (Å²) in [5, 5.41) is 11.8. The molecule has 0 unspecified atom stereocenters. The Bertz CT molecular complexity index is 2130. The maximum atomic E-state index is 13.5. The van der Waals surface area contributed by atoms with Crippen molar-refractivity contribution >= 4 is 74.3 Å². The molecule has 0 spiro atoms. The minimum atomic E-state index is -2.78. The lowest BCUT2D eigenvalue weighted by Crippen LogP contribution is -2.43. The lowest BCUT2D eigenvalue weighted by Gasteiger charge is -2.37. The molecule has 266 valence electrons. The number of benzene rings is 2. The number of carbonyl (C=O) groups excluding carboxylic acids is 1. The van der Waals surface area contributed by atoms with Crippen molar-refractivity contribution < 1.29 is 18.8 Å². The highest BCUT2D eigenvalue weighted by Gasteiger charge is 2.28. The van der Waals surface area contributed by atoms with Gasteiger partial charge in [0.15, 0.2) is 0 Å². The summed E-state index contributed by atoms with van der Waals surface area (Å²) in [5.41, 5.74) is 5.55. The molecule has 7 rings (SSSR count). The van der Waals surface area contributed by atoms with Gasteiger partial charge in [-0.2, -0.15) is 10.1 Å². The Balaban J connectivity index is 1.17. The average molecular weight is 776 g/mol. The maximum absolute atomic E-state index is 13.5. The van der Waals surface area contributed by atoms with E-state index in [1.807, 2.05) is 48.6 Å². The quantitative estimate of drug-likeness (QED) is 0.151. The molecule has 0 radical (unpaired) electrons. The normalized spacial score (nSPS) is 15.6. The van der Waals surface area contributed by atoms with Crippen LogP contribution >= 0.6 is 23.1 Å². The summed E-state index contributed by atoms with van der Waals surface area (Å²) in [7, 11) is 0.761. The van der Waals surface area contributed by atoms with Crippen molar-refractivity contribution in [3.8, 4) is 16.9 Å². The van der Waals surface area contributed by atoms with E-state index in [0.717, 1.165) is 62.3 Å². The van der Waals surface area contributed by atoms with Crippen molar-refractivity contribution in [3.05, 3.63) is 59.7 Å². The summed E-state index contributed by atoms with van der Waals surface area (Å²) in [6, 6.07) is 7.79. The second-order valence-corrected chi connectivity index (χ2v) is 17.2. The van der Waals surface area contributed by atoms with E-state index in [0.29, 0.717) is 62.2 Å². The number of aromatic nitrogens is 6. The summed E-state index contributed by atoms with van der Waals surface area (Å²) >= 11 is 3.58. The van der Waals surface area contributed by atoms with E-state index in [9.17, 15) is 9.36 Å². The van der Waals surface area contributed by atoms with E-state index >= 15 is 0 Å². The molecule has 2 saturated heterocycles. The molecule has 2 aromatic carbocycles. The first kappa shape index (κ1) is 34.7. The minimum absolute atomic E-state index is 0.200. The fourth-order valence-electron chi connectivity index (χ4n) is 6.75. The van der Waals surface area contributed by atoms with Crippen LogP contribution in [-0.2, 0) is 16.3 Å². The number of methoxy groups -OCH3 is 1. The van der Waals surface area contributed by atoms with Gasteiger partial charge in [0.1, 0.15) is 24.2 Å². The smallest absolute Gasteiger partial charge is 0.409 e. The molecule has 1 amide bonds. The Hall–Kier alpha value is -4.75. The zero-order valence-corrected chi connectivity index (χ0v) is 31.4. The molecule has 0 atom stereocenters. The van der Waals surface area contributed by atoms with Gasteiger partial charge in [-0.25, -0.2) is 9.78 Å². The van der Waals surface area contributed by atoms with Crippen LogP contribution < -0.4 is 25.6 Å². The molecule has 0 aliphatic carbocycles. The summed E-state index contributed by atoms with van der Waals surface area (Å²) in [5.74, 6) is 1.85. The standard InChI is InChI=1S/C35H40BrN10O4P/c1-44-21-23(18-40-44)24-16-28(30(49-2)17-29(24)45-13-8-22(9-14-45)20-46-12-5-15-50-35(46)47)42-34-39-19-25(36)33(43-34)41-27-7-6-26-31(38-11-10-37-26)32(27)51(3,4)48/h6-7,10-11,16-19,21-22H,5,8-9,12-15,20H2,1-4H3,(H2,39,41,42,43). The molecule has 2 N–H and O–H groups in total. The lowest BCUT2D eigenvalue weighted by molar-refractivity contribution is 0.0646. The molecular formula is C35H40BrN10O4P. The number of piperidine rings is 1. The number of aryl methyl sites for hydroxylation is 1. The third-order valence-electron chi connectivity index (χ3n) is 9.22. The molecule has 5 aromatic rings. The number of rotatable bonds is 10. The molecule has 0 bridgehead atoms. The van der Waals surface area contributed by atoms with Crippen LogP contribution in [0.2, 0.25) is 0 Å². The number of fused-ring (bicyclic) bond motifs is 1. The predicted octanol–water partition coefficient (Wildman–Crippen LogP) is 6.39. The van der Waals surface area contributed by atoms with Crippen LogP contribution in [0.15, 0.2) is 59.7 Å². The number of nitrogens with one attached hydrogen (secondary N) is 2. The topological polar surface area (TPSA) is 153 Å². The maximum Gasteiger partial charge on any atom is 0.409 e. The molecule has 2 fully saturated rings. The largest absolute Gasteiger partial charge is 0.494 e. The number of hydrogen-bond donors (Lipinski definition) is 2. The van der Waals surface area contributed by atoms with Crippen molar-refractivity contribution in [2.24, 2.45) is 13.0 Å². The van der Waals surface area contributed by atoms with Gasteiger partial charge in [0.05, 0.1) is 46.6 Å². The molecule has 14 nitrogen and oxygen atoms in total. The fraction of sp³-hybridized carbons (Fsp3) is 0.371. The number of carbonyl (C=O) groups is 1. The van der Waals surface area contributed by atoms with E-state index in [1.165, 1.54) is 0 Å². The van der Waals surface area contributed by atoms with Gasteiger partial charge in [-0.1, -0.05) is 0 Å². The monoisotopic (exact) mass is 774 g/mol. The van der Waals surface area contributed by atoms with Gasteiger partial charge in [-0.05, 0) is 72.6 Å². The van der Waals surface area contributed by atoms with Gasteiger partial charge in [0.25, 0.3) is 0 Å². The van der Waals surface area contributed by atoms with Crippen LogP contribution in [0, 0.1) is 5.92 Å². The average Bonchev–Trinajstić information content (AvgIpc) is 3.56. The van der Waals surface area contributed by atoms with Crippen LogP contribution in [0.25, 0.3) is 22.2 Å². The summed E-state index contributed by atoms with van der Waals surface area (Å²) in [6.45, 7) is 7.11. The van der Waals surface area contributed by atoms with Crippen LogP contribution in [0.1, 0.15) is 19.3 Å². The van der Waals surface area contributed by atoms with Crippen LogP contribution in [0.5, 0.6) is 5.75 Å². The number of nitrogens with zero attached hydrogens (tertiary/aromatic N) is 8. The number of hydrogen-bond acceptors (Lipinski definition) is 12. The van der Waals surface area contributed by atoms with Gasteiger partial charge >= 0.3 is 6.09 Å². The first-order valence-electron chi connectivity index (χ1n) is 16.8. The second-order valence-electron chi connectivity index (χ2n) is 13.2. The fourth-order valence-corrected chi connectivity index (χ4v) is 8.43. The van der Waals surface area contributed by atoms with Gasteiger partial charge in [0.2, 0.25) is 5.95 Å². The van der Waals surface area contributed by atoms with E-state index in [-0.39, 0.29) is 6.09 Å². The first-order chi connectivity index (χ1) is 24.6. The van der Waals surface area contributed by atoms with Crippen molar-refractivity contribution in [2.75, 3.05) is 68.8 Å². The lowest BCUT2D eigenvalue weighted by atomic mass is 9.94. The third-order valence-corrected chi connectivity index (χ3v) is 11.3. The van der Waals surface area contributed by atoms with Crippen molar-refractivity contribution in [2.45, 2.75) is 19.3 Å². The number of cyclic esters (lactones) is 1. The van der Waals surface area contributed by atoms with Crippen molar-refractivity contribution in [3.63, 3.8) is 0 Å². The van der Waals surface area contributed by atoms with Gasteiger partial charge < -0.3 is 34.5 Å². The number of ether oxygens (including phenoxy) is 2. The van der Waals surface area contributed by atoms with Crippen LogP contribution in [-0.4, -0.2) is 93.9 Å². The Morgan fingerprint density at radius 2 is 1.84 bits per heavy atom. The SMILES string of the molecule is COc1cc(N2CCC(CN3CCCOC3=O)CC2)c(-c2cnn(C)c2)cc1Nc1ncc(Br)c(Nc2ccc3nccnc3c2P(C)(C)=O)n1. The predicted molar refractivity (Wildman–Crippen MR) is 203 cm³/mol. The van der Waals surface area contributed by atoms with Gasteiger partial charge in [-0.3, -0.25) is 14.6 Å². The van der Waals surface area contributed by atoms with Crippen molar-refractivity contribution in [1.82, 2.24) is 34.6 Å². The Kier molecular flexibility index (Phi) is 9.84. The number of amides is 1. The van der Waals surface area contributed by atoms with E-state index < -0.39 is 7.14 Å². The van der Waals surface area contributed by atoms with Crippen LogP contribution in [0.4, 0.5) is 33.6 Å². The Labute approximate surface area is 304 Å². The molecule has 2 aliphatic heterocycles. The summed E-state index contributed by atoms with van der Waals surface area (Å²) < 4.78 is 27.1. The highest BCUT2D eigenvalue weighted by atomic mass is 79.9. The van der Waals surface area contributed by atoms with E-state index in [2.05, 4.69) is 51.5 Å². The summed E-state index contributed by atoms with van der Waals surface area (Å²) in [4.78, 5) is 34.7. The zero-order chi connectivity index (χ0) is 35.7. The van der Waals surface area contributed by atoms with E-state index in [4.69, 9.17) is 14.5 Å².